The predicted molar refractivity (Wildman–Crippen MR) is 47.2 cm³/mol. The Hall–Kier alpha value is -0.640. The van der Waals surface area contributed by atoms with Crippen LogP contribution in [0.3, 0.4) is 0 Å². The number of nitrogens with zero attached hydrogens (tertiary/aromatic N) is 1. The minimum atomic E-state index is -0.131. The molecule has 0 spiro atoms. The number of thiocarbonyl (C=S) groups is 1. The summed E-state index contributed by atoms with van der Waals surface area (Å²) in [5, 5.41) is 3.48. The zero-order valence-electron chi connectivity index (χ0n) is 6.76. The van der Waals surface area contributed by atoms with E-state index in [-0.39, 0.29) is 11.9 Å². The summed E-state index contributed by atoms with van der Waals surface area (Å²) in [6.45, 7) is 4.58. The van der Waals surface area contributed by atoms with Crippen LogP contribution in [0.5, 0.6) is 0 Å². The molecule has 0 aromatic heterocycles. The highest BCUT2D eigenvalue weighted by molar-refractivity contribution is 7.80. The molecular formula is C7H12N2OS. The number of rotatable bonds is 2. The molecule has 1 N–H and O–H groups in total. The Morgan fingerprint density at radius 1 is 1.73 bits per heavy atom. The third kappa shape index (κ3) is 1.50. The minimum absolute atomic E-state index is 0.0943. The van der Waals surface area contributed by atoms with Gasteiger partial charge in [-0.25, -0.2) is 0 Å². The lowest BCUT2D eigenvalue weighted by Crippen LogP contribution is -2.31. The first-order valence-electron chi connectivity index (χ1n) is 3.78. The van der Waals surface area contributed by atoms with Crippen molar-refractivity contribution < 1.29 is 4.79 Å². The van der Waals surface area contributed by atoms with Gasteiger partial charge in [0.05, 0.1) is 0 Å². The van der Waals surface area contributed by atoms with Crippen molar-refractivity contribution in [3.63, 3.8) is 0 Å². The van der Waals surface area contributed by atoms with E-state index in [1.165, 1.54) is 0 Å². The highest BCUT2D eigenvalue weighted by atomic mass is 32.1. The van der Waals surface area contributed by atoms with E-state index in [2.05, 4.69) is 5.32 Å². The Morgan fingerprint density at radius 3 is 2.73 bits per heavy atom. The fraction of sp³-hybridized carbons (Fsp3) is 0.714. The van der Waals surface area contributed by atoms with Gasteiger partial charge < -0.3 is 5.32 Å². The molecule has 0 radical (unpaired) electrons. The molecule has 1 heterocycles. The number of carbonyl (C=O) groups excluding carboxylic acids is 1. The van der Waals surface area contributed by atoms with Gasteiger partial charge in [0.2, 0.25) is 0 Å². The number of hydrogen-bond donors (Lipinski definition) is 1. The van der Waals surface area contributed by atoms with Gasteiger partial charge in [0.25, 0.3) is 5.91 Å². The van der Waals surface area contributed by atoms with Crippen molar-refractivity contribution in [2.24, 2.45) is 0 Å². The van der Waals surface area contributed by atoms with Crippen molar-refractivity contribution in [3.8, 4) is 0 Å². The van der Waals surface area contributed by atoms with Gasteiger partial charge in [-0.2, -0.15) is 0 Å². The van der Waals surface area contributed by atoms with Crippen LogP contribution in [0.25, 0.3) is 0 Å². The lowest BCUT2D eigenvalue weighted by molar-refractivity contribution is -0.126. The molecule has 1 atom stereocenters. The van der Waals surface area contributed by atoms with Crippen molar-refractivity contribution >= 4 is 23.2 Å². The van der Waals surface area contributed by atoms with Gasteiger partial charge in [0, 0.05) is 6.54 Å². The summed E-state index contributed by atoms with van der Waals surface area (Å²) in [5.41, 5.74) is 0. The van der Waals surface area contributed by atoms with E-state index >= 15 is 0 Å². The molecule has 1 aliphatic heterocycles. The molecule has 0 saturated carbocycles. The van der Waals surface area contributed by atoms with Crippen molar-refractivity contribution in [2.75, 3.05) is 6.54 Å². The van der Waals surface area contributed by atoms with Crippen LogP contribution in [0.15, 0.2) is 0 Å². The molecule has 0 aromatic carbocycles. The van der Waals surface area contributed by atoms with Crippen LogP contribution in [-0.4, -0.2) is 28.5 Å². The molecule has 0 aliphatic carbocycles. The van der Waals surface area contributed by atoms with Crippen LogP contribution in [0.4, 0.5) is 0 Å². The van der Waals surface area contributed by atoms with Gasteiger partial charge in [0.15, 0.2) is 5.11 Å². The summed E-state index contributed by atoms with van der Waals surface area (Å²) in [7, 11) is 0. The predicted octanol–water partition coefficient (Wildman–Crippen LogP) is 0.502. The van der Waals surface area contributed by atoms with Crippen LogP contribution >= 0.6 is 12.2 Å². The summed E-state index contributed by atoms with van der Waals surface area (Å²) in [6.07, 6.45) is 0.945. The van der Waals surface area contributed by atoms with Gasteiger partial charge in [-0.15, -0.1) is 0 Å². The highest BCUT2D eigenvalue weighted by Crippen LogP contribution is 2.05. The standard InChI is InChI=1S/C7H12N2OS/c1-3-4-9-6(10)5(2)8-7(9)11/h5H,3-4H2,1-2H3,(H,8,11). The van der Waals surface area contributed by atoms with Crippen LogP contribution < -0.4 is 5.32 Å². The van der Waals surface area contributed by atoms with Crippen LogP contribution in [0.1, 0.15) is 20.3 Å². The maximum atomic E-state index is 11.3. The molecule has 1 saturated heterocycles. The Labute approximate surface area is 71.8 Å². The zero-order chi connectivity index (χ0) is 8.43. The van der Waals surface area contributed by atoms with E-state index in [1.807, 2.05) is 13.8 Å². The van der Waals surface area contributed by atoms with Gasteiger partial charge >= 0.3 is 0 Å². The summed E-state index contributed by atoms with van der Waals surface area (Å²) < 4.78 is 0. The van der Waals surface area contributed by atoms with E-state index in [0.717, 1.165) is 13.0 Å². The highest BCUT2D eigenvalue weighted by Gasteiger charge is 2.30. The third-order valence-corrected chi connectivity index (χ3v) is 2.01. The van der Waals surface area contributed by atoms with Crippen molar-refractivity contribution in [3.05, 3.63) is 0 Å². The second-order valence-electron chi connectivity index (χ2n) is 2.66. The summed E-state index contributed by atoms with van der Waals surface area (Å²) in [4.78, 5) is 12.9. The molecule has 11 heavy (non-hydrogen) atoms. The van der Waals surface area contributed by atoms with E-state index in [4.69, 9.17) is 12.2 Å². The number of carbonyl (C=O) groups is 1. The SMILES string of the molecule is CCCN1C(=O)C(C)NC1=S. The minimum Gasteiger partial charge on any atom is -0.351 e. The van der Waals surface area contributed by atoms with Crippen LogP contribution in [-0.2, 0) is 4.79 Å². The Bertz CT molecular complexity index is 193. The number of hydrogen-bond acceptors (Lipinski definition) is 2. The molecule has 1 fully saturated rings. The largest absolute Gasteiger partial charge is 0.351 e. The van der Waals surface area contributed by atoms with Gasteiger partial charge in [0.1, 0.15) is 6.04 Å². The van der Waals surface area contributed by atoms with Crippen molar-refractivity contribution in [1.82, 2.24) is 10.2 Å². The second kappa shape index (κ2) is 3.17. The van der Waals surface area contributed by atoms with Crippen LogP contribution in [0, 0.1) is 0 Å². The molecule has 0 bridgehead atoms. The number of nitrogens with one attached hydrogen (secondary N) is 1. The van der Waals surface area contributed by atoms with E-state index in [0.29, 0.717) is 5.11 Å². The molecule has 3 nitrogen and oxygen atoms in total. The number of amides is 1. The first kappa shape index (κ1) is 8.46. The topological polar surface area (TPSA) is 32.3 Å². The molecule has 1 aliphatic rings. The van der Waals surface area contributed by atoms with Crippen molar-refractivity contribution in [2.45, 2.75) is 26.3 Å². The lowest BCUT2D eigenvalue weighted by Gasteiger charge is -2.12. The molecule has 1 unspecified atom stereocenters. The lowest BCUT2D eigenvalue weighted by atomic mass is 10.3. The Balaban J connectivity index is 2.64. The molecule has 4 heteroatoms. The van der Waals surface area contributed by atoms with Gasteiger partial charge in [-0.3, -0.25) is 9.69 Å². The maximum Gasteiger partial charge on any atom is 0.250 e. The molecule has 1 rings (SSSR count). The first-order chi connectivity index (χ1) is 5.16. The fourth-order valence-electron chi connectivity index (χ4n) is 1.09. The molecule has 62 valence electrons. The smallest absolute Gasteiger partial charge is 0.250 e. The third-order valence-electron chi connectivity index (χ3n) is 1.67. The fourth-order valence-corrected chi connectivity index (χ4v) is 1.45. The van der Waals surface area contributed by atoms with Gasteiger partial charge in [-0.1, -0.05) is 6.92 Å². The Kier molecular flexibility index (Phi) is 2.44. The normalized spacial score (nSPS) is 24.2. The van der Waals surface area contributed by atoms with Gasteiger partial charge in [-0.05, 0) is 25.6 Å². The monoisotopic (exact) mass is 172 g/mol. The van der Waals surface area contributed by atoms with Crippen molar-refractivity contribution in [1.29, 1.82) is 0 Å². The maximum absolute atomic E-state index is 11.3. The van der Waals surface area contributed by atoms with E-state index in [9.17, 15) is 4.79 Å². The average molecular weight is 172 g/mol. The van der Waals surface area contributed by atoms with E-state index < -0.39 is 0 Å². The zero-order valence-corrected chi connectivity index (χ0v) is 7.57. The summed E-state index contributed by atoms with van der Waals surface area (Å²) >= 11 is 4.95. The summed E-state index contributed by atoms with van der Waals surface area (Å²) in [6, 6.07) is -0.131. The Morgan fingerprint density at radius 2 is 2.36 bits per heavy atom. The van der Waals surface area contributed by atoms with Crippen LogP contribution in [0.2, 0.25) is 0 Å². The quantitative estimate of drug-likeness (QED) is 0.616. The molecule has 0 aromatic rings. The molecular weight excluding hydrogens is 160 g/mol. The molecule has 1 amide bonds. The second-order valence-corrected chi connectivity index (χ2v) is 3.05. The average Bonchev–Trinajstić information content (AvgIpc) is 2.17. The van der Waals surface area contributed by atoms with E-state index in [1.54, 1.807) is 4.90 Å². The first-order valence-corrected chi connectivity index (χ1v) is 4.19. The summed E-state index contributed by atoms with van der Waals surface area (Å²) in [5.74, 6) is 0.0943.